The Bertz CT molecular complexity index is 896. The molecule has 1 fully saturated rings. The molecule has 27 heavy (non-hydrogen) atoms. The van der Waals surface area contributed by atoms with Crippen LogP contribution in [0.2, 0.25) is 13.1 Å². The number of ether oxygens (including phenoxy) is 1. The zero-order valence-corrected chi connectivity index (χ0v) is 16.1. The van der Waals surface area contributed by atoms with Crippen molar-refractivity contribution in [1.82, 2.24) is 9.55 Å². The van der Waals surface area contributed by atoms with Crippen LogP contribution in [-0.2, 0) is 9.16 Å². The molecule has 0 spiro atoms. The van der Waals surface area contributed by atoms with Gasteiger partial charge >= 0.3 is 5.69 Å². The van der Waals surface area contributed by atoms with Gasteiger partial charge in [0.15, 0.2) is 6.23 Å². The van der Waals surface area contributed by atoms with Crippen LogP contribution in [0, 0.1) is 17.2 Å². The fourth-order valence-electron chi connectivity index (χ4n) is 3.09. The van der Waals surface area contributed by atoms with E-state index in [2.05, 4.69) is 18.1 Å². The number of aromatic nitrogens is 2. The lowest BCUT2D eigenvalue weighted by atomic mass is 10.0. The molecule has 2 heterocycles. The maximum atomic E-state index is 12.1. The maximum Gasteiger partial charge on any atom is 0.351 e. The zero-order valence-electron chi connectivity index (χ0n) is 15.1. The minimum Gasteiger partial charge on any atom is -0.410 e. The number of hydrogen-bond donors (Lipinski definition) is 2. The molecule has 1 aromatic heterocycles. The van der Waals surface area contributed by atoms with E-state index in [0.717, 1.165) is 5.19 Å². The Morgan fingerprint density at radius 2 is 2.07 bits per heavy atom. The standard InChI is InChI=1S/C18H22N4O4Si/c1-27(2,12-6-4-3-5-7-12)25-11-14-16(23)13(10-19)17(26-14)22-9-8-15(20)21-18(22)24/h3-9,13-14,16-17,23H,11H2,1-2H3,(H2,20,21,24)/t13-,14+,16-,17+/m0/s1. The van der Waals surface area contributed by atoms with Crippen LogP contribution in [0.5, 0.6) is 0 Å². The molecule has 0 unspecified atom stereocenters. The normalized spacial score (nSPS) is 25.3. The van der Waals surface area contributed by atoms with Gasteiger partial charge in [0.2, 0.25) is 8.32 Å². The summed E-state index contributed by atoms with van der Waals surface area (Å²) in [5.41, 5.74) is 4.87. The predicted octanol–water partition coefficient (Wildman–Crippen LogP) is 0.352. The largest absolute Gasteiger partial charge is 0.410 e. The Kier molecular flexibility index (Phi) is 5.43. The van der Waals surface area contributed by atoms with Crippen LogP contribution in [0.3, 0.4) is 0 Å². The van der Waals surface area contributed by atoms with E-state index in [1.165, 1.54) is 16.8 Å². The van der Waals surface area contributed by atoms with Gasteiger partial charge in [0.05, 0.1) is 12.7 Å². The zero-order chi connectivity index (χ0) is 19.6. The highest BCUT2D eigenvalue weighted by atomic mass is 28.4. The van der Waals surface area contributed by atoms with E-state index in [0.29, 0.717) is 0 Å². The van der Waals surface area contributed by atoms with Crippen LogP contribution in [0.1, 0.15) is 6.23 Å². The summed E-state index contributed by atoms with van der Waals surface area (Å²) in [6, 6.07) is 13.3. The smallest absolute Gasteiger partial charge is 0.351 e. The highest BCUT2D eigenvalue weighted by molar-refractivity contribution is 6.84. The fraction of sp³-hybridized carbons (Fsp3) is 0.389. The molecule has 1 aliphatic rings. The Morgan fingerprint density at radius 1 is 1.37 bits per heavy atom. The molecular weight excluding hydrogens is 364 g/mol. The topological polar surface area (TPSA) is 123 Å². The van der Waals surface area contributed by atoms with Crippen molar-refractivity contribution in [2.75, 3.05) is 12.3 Å². The fourth-order valence-corrected chi connectivity index (χ4v) is 4.84. The molecule has 4 atom stereocenters. The van der Waals surface area contributed by atoms with Gasteiger partial charge in [-0.3, -0.25) is 4.57 Å². The van der Waals surface area contributed by atoms with Gasteiger partial charge in [-0.25, -0.2) is 4.79 Å². The first-order chi connectivity index (χ1) is 12.8. The number of benzene rings is 1. The predicted molar refractivity (Wildman–Crippen MR) is 101 cm³/mol. The first-order valence-corrected chi connectivity index (χ1v) is 11.5. The van der Waals surface area contributed by atoms with Crippen molar-refractivity contribution in [2.24, 2.45) is 5.92 Å². The van der Waals surface area contributed by atoms with Crippen LogP contribution in [-0.4, -0.2) is 41.8 Å². The summed E-state index contributed by atoms with van der Waals surface area (Å²) < 4.78 is 13.1. The van der Waals surface area contributed by atoms with Gasteiger partial charge < -0.3 is 20.0 Å². The summed E-state index contributed by atoms with van der Waals surface area (Å²) in [5, 5.41) is 21.1. The van der Waals surface area contributed by atoms with Crippen molar-refractivity contribution < 1.29 is 14.3 Å². The minimum absolute atomic E-state index is 0.0822. The molecule has 0 amide bonds. The molecule has 0 aliphatic carbocycles. The average molecular weight is 386 g/mol. The van der Waals surface area contributed by atoms with Crippen LogP contribution >= 0.6 is 0 Å². The monoisotopic (exact) mass is 386 g/mol. The SMILES string of the molecule is C[Si](C)(OC[C@H]1O[C@@H](n2ccc(N)nc2=O)[C@@H](C#N)[C@@H]1O)c1ccccc1. The quantitative estimate of drug-likeness (QED) is 0.711. The van der Waals surface area contributed by atoms with Crippen LogP contribution < -0.4 is 16.6 Å². The first-order valence-electron chi connectivity index (χ1n) is 8.61. The van der Waals surface area contributed by atoms with Gasteiger partial charge in [-0.05, 0) is 24.3 Å². The third-order valence-corrected chi connectivity index (χ3v) is 7.33. The summed E-state index contributed by atoms with van der Waals surface area (Å²) in [6.07, 6.45) is -1.33. The summed E-state index contributed by atoms with van der Waals surface area (Å²) in [5.74, 6) is -0.831. The van der Waals surface area contributed by atoms with Crippen LogP contribution in [0.15, 0.2) is 47.4 Å². The maximum absolute atomic E-state index is 12.1. The van der Waals surface area contributed by atoms with Gasteiger partial charge in [-0.15, -0.1) is 0 Å². The van der Waals surface area contributed by atoms with E-state index in [-0.39, 0.29) is 12.4 Å². The molecule has 0 saturated carbocycles. The van der Waals surface area contributed by atoms with Crippen LogP contribution in [0.25, 0.3) is 0 Å². The molecule has 1 aliphatic heterocycles. The minimum atomic E-state index is -2.20. The highest BCUT2D eigenvalue weighted by Gasteiger charge is 2.46. The second-order valence-corrected chi connectivity index (χ2v) is 10.8. The summed E-state index contributed by atoms with van der Waals surface area (Å²) in [6.45, 7) is 4.23. The second-order valence-electron chi connectivity index (χ2n) is 6.94. The first kappa shape index (κ1) is 19.3. The molecule has 0 bridgehead atoms. The third-order valence-electron chi connectivity index (χ3n) is 4.72. The molecule has 3 rings (SSSR count). The van der Waals surface area contributed by atoms with Crippen molar-refractivity contribution in [1.29, 1.82) is 5.26 Å². The molecule has 1 saturated heterocycles. The summed E-state index contributed by atoms with van der Waals surface area (Å²) in [7, 11) is -2.20. The van der Waals surface area contributed by atoms with E-state index >= 15 is 0 Å². The Morgan fingerprint density at radius 3 is 2.70 bits per heavy atom. The third kappa shape index (κ3) is 3.94. The molecular formula is C18H22N4O4Si. The Hall–Kier alpha value is -2.51. The van der Waals surface area contributed by atoms with Gasteiger partial charge in [0.1, 0.15) is 23.9 Å². The lowest BCUT2D eigenvalue weighted by Crippen LogP contribution is -2.47. The molecule has 8 nitrogen and oxygen atoms in total. The number of nitrogen functional groups attached to an aromatic ring is 1. The number of aliphatic hydroxyl groups is 1. The van der Waals surface area contributed by atoms with E-state index < -0.39 is 38.4 Å². The molecule has 2 aromatic rings. The second kappa shape index (κ2) is 7.62. The van der Waals surface area contributed by atoms with Gasteiger partial charge in [-0.1, -0.05) is 30.3 Å². The molecule has 0 radical (unpaired) electrons. The number of rotatable bonds is 5. The molecule has 3 N–H and O–H groups in total. The number of nitriles is 1. The van der Waals surface area contributed by atoms with E-state index in [1.54, 1.807) is 0 Å². The van der Waals surface area contributed by atoms with Gasteiger partial charge in [0, 0.05) is 6.20 Å². The van der Waals surface area contributed by atoms with Crippen molar-refractivity contribution in [3.8, 4) is 6.07 Å². The van der Waals surface area contributed by atoms with E-state index in [9.17, 15) is 15.2 Å². The number of anilines is 1. The van der Waals surface area contributed by atoms with Crippen molar-refractivity contribution in [3.05, 3.63) is 53.1 Å². The number of nitrogens with two attached hydrogens (primary N) is 1. The molecule has 142 valence electrons. The number of hydrogen-bond acceptors (Lipinski definition) is 7. The number of aliphatic hydroxyl groups excluding tert-OH is 1. The summed E-state index contributed by atoms with van der Waals surface area (Å²) in [4.78, 5) is 15.7. The van der Waals surface area contributed by atoms with Gasteiger partial charge in [-0.2, -0.15) is 10.2 Å². The van der Waals surface area contributed by atoms with E-state index in [1.807, 2.05) is 36.4 Å². The lowest BCUT2D eigenvalue weighted by Gasteiger charge is -2.26. The Labute approximate surface area is 157 Å². The van der Waals surface area contributed by atoms with Crippen molar-refractivity contribution in [3.63, 3.8) is 0 Å². The summed E-state index contributed by atoms with van der Waals surface area (Å²) >= 11 is 0. The average Bonchev–Trinajstić information content (AvgIpc) is 2.96. The Balaban J connectivity index is 1.76. The van der Waals surface area contributed by atoms with Gasteiger partial charge in [0.25, 0.3) is 0 Å². The van der Waals surface area contributed by atoms with Crippen molar-refractivity contribution >= 4 is 19.3 Å². The lowest BCUT2D eigenvalue weighted by molar-refractivity contribution is -0.0432. The van der Waals surface area contributed by atoms with E-state index in [4.69, 9.17) is 14.9 Å². The molecule has 9 heteroatoms. The molecule has 1 aromatic carbocycles. The highest BCUT2D eigenvalue weighted by Crippen LogP contribution is 2.34. The van der Waals surface area contributed by atoms with Crippen LogP contribution in [0.4, 0.5) is 5.82 Å². The number of nitrogens with zero attached hydrogens (tertiary/aromatic N) is 3. The van der Waals surface area contributed by atoms with Crippen molar-refractivity contribution in [2.45, 2.75) is 31.5 Å².